The first-order chi connectivity index (χ1) is 15.0. The Morgan fingerprint density at radius 2 is 2.19 bits per heavy atom. The van der Waals surface area contributed by atoms with E-state index in [1.54, 1.807) is 24.5 Å². The molecule has 1 aliphatic rings. The van der Waals surface area contributed by atoms with Crippen LogP contribution >= 0.6 is 0 Å². The van der Waals surface area contributed by atoms with Gasteiger partial charge in [-0.2, -0.15) is 0 Å². The van der Waals surface area contributed by atoms with Crippen molar-refractivity contribution in [3.05, 3.63) is 36.4 Å². The number of carbonyl (C=O) groups excluding carboxylic acids is 1. The number of nitrogens with zero attached hydrogens (tertiary/aromatic N) is 4. The van der Waals surface area contributed by atoms with Gasteiger partial charge in [0.1, 0.15) is 18.7 Å². The number of methoxy groups -OCH3 is 1. The Kier molecular flexibility index (Phi) is 5.90. The first kappa shape index (κ1) is 20.9. The van der Waals surface area contributed by atoms with Crippen LogP contribution in [0.25, 0.3) is 11.2 Å². The van der Waals surface area contributed by atoms with Crippen LogP contribution in [0.4, 0.5) is 5.82 Å². The van der Waals surface area contributed by atoms with E-state index in [2.05, 4.69) is 20.3 Å². The van der Waals surface area contributed by atoms with Gasteiger partial charge < -0.3 is 24.6 Å². The average molecular weight is 427 g/mol. The summed E-state index contributed by atoms with van der Waals surface area (Å²) in [5.41, 5.74) is 2.15. The highest BCUT2D eigenvalue weighted by atomic mass is 16.6. The van der Waals surface area contributed by atoms with Gasteiger partial charge in [-0.15, -0.1) is 0 Å². The number of nitrogens with one attached hydrogen (secondary N) is 1. The van der Waals surface area contributed by atoms with Crippen LogP contribution in [0.1, 0.15) is 38.5 Å². The van der Waals surface area contributed by atoms with Gasteiger partial charge in [0.25, 0.3) is 0 Å². The van der Waals surface area contributed by atoms with E-state index in [1.807, 2.05) is 11.5 Å². The summed E-state index contributed by atoms with van der Waals surface area (Å²) in [6.45, 7) is 3.86. The summed E-state index contributed by atoms with van der Waals surface area (Å²) in [6, 6.07) is 5.14. The number of hydrogen-bond donors (Lipinski definition) is 2. The maximum Gasteiger partial charge on any atom is 0.302 e. The summed E-state index contributed by atoms with van der Waals surface area (Å²) in [5, 5.41) is 13.0. The van der Waals surface area contributed by atoms with Gasteiger partial charge in [-0.05, 0) is 24.1 Å². The Morgan fingerprint density at radius 1 is 1.35 bits per heavy atom. The molecule has 0 amide bonds. The lowest BCUT2D eigenvalue weighted by molar-refractivity contribution is -0.149. The lowest BCUT2D eigenvalue weighted by Crippen LogP contribution is -2.25. The summed E-state index contributed by atoms with van der Waals surface area (Å²) in [5.74, 6) is 0.756. The maximum atomic E-state index is 11.4. The molecule has 0 spiro atoms. The van der Waals surface area contributed by atoms with Crippen molar-refractivity contribution in [1.29, 1.82) is 0 Å². The van der Waals surface area contributed by atoms with Crippen LogP contribution in [0.3, 0.4) is 0 Å². The van der Waals surface area contributed by atoms with Gasteiger partial charge in [0.2, 0.25) is 0 Å². The van der Waals surface area contributed by atoms with Crippen LogP contribution in [0.5, 0.6) is 11.5 Å². The zero-order valence-electron chi connectivity index (χ0n) is 17.6. The van der Waals surface area contributed by atoms with E-state index in [-0.39, 0.29) is 30.2 Å². The second kappa shape index (κ2) is 8.76. The highest BCUT2D eigenvalue weighted by Crippen LogP contribution is 2.34. The van der Waals surface area contributed by atoms with Crippen LogP contribution < -0.4 is 10.1 Å². The zero-order chi connectivity index (χ0) is 22.0. The fourth-order valence-corrected chi connectivity index (χ4v) is 3.78. The molecule has 2 N–H and O–H groups in total. The summed E-state index contributed by atoms with van der Waals surface area (Å²) < 4.78 is 18.5. The van der Waals surface area contributed by atoms with Crippen LogP contribution in [0.15, 0.2) is 30.9 Å². The largest absolute Gasteiger partial charge is 0.504 e. The van der Waals surface area contributed by atoms with E-state index in [0.717, 1.165) is 12.0 Å². The molecule has 1 fully saturated rings. The van der Waals surface area contributed by atoms with Crippen molar-refractivity contribution < 1.29 is 24.1 Å². The minimum atomic E-state index is -0.330. The van der Waals surface area contributed by atoms with Gasteiger partial charge in [0.15, 0.2) is 28.5 Å². The zero-order valence-corrected chi connectivity index (χ0v) is 17.6. The van der Waals surface area contributed by atoms with Crippen molar-refractivity contribution in [3.63, 3.8) is 0 Å². The topological polar surface area (TPSA) is 121 Å². The second-order valence-corrected chi connectivity index (χ2v) is 7.33. The fraction of sp³-hybridized carbons (Fsp3) is 0.429. The third kappa shape index (κ3) is 4.24. The van der Waals surface area contributed by atoms with Crippen LogP contribution in [0.2, 0.25) is 0 Å². The van der Waals surface area contributed by atoms with E-state index in [4.69, 9.17) is 14.2 Å². The highest BCUT2D eigenvalue weighted by Gasteiger charge is 2.38. The summed E-state index contributed by atoms with van der Waals surface area (Å²) in [4.78, 5) is 24.6. The van der Waals surface area contributed by atoms with Gasteiger partial charge in [0, 0.05) is 19.9 Å². The predicted octanol–water partition coefficient (Wildman–Crippen LogP) is 2.78. The number of imidazole rings is 1. The molecule has 3 aromatic rings. The lowest BCUT2D eigenvalue weighted by Gasteiger charge is -2.15. The molecule has 31 heavy (non-hydrogen) atoms. The predicted molar refractivity (Wildman–Crippen MR) is 112 cm³/mol. The van der Waals surface area contributed by atoms with E-state index in [1.165, 1.54) is 20.4 Å². The van der Waals surface area contributed by atoms with Crippen molar-refractivity contribution in [2.24, 2.45) is 0 Å². The number of benzene rings is 1. The molecule has 0 bridgehead atoms. The molecule has 1 aromatic carbocycles. The first-order valence-electron chi connectivity index (χ1n) is 10.1. The van der Waals surface area contributed by atoms with Crippen LogP contribution in [-0.2, 0) is 20.8 Å². The summed E-state index contributed by atoms with van der Waals surface area (Å²) in [6.07, 6.45) is 3.60. The average Bonchev–Trinajstić information content (AvgIpc) is 3.36. The molecule has 3 atom stereocenters. The van der Waals surface area contributed by atoms with Gasteiger partial charge in [0.05, 0.1) is 19.5 Å². The summed E-state index contributed by atoms with van der Waals surface area (Å²) >= 11 is 0. The number of aromatic hydroxyl groups is 1. The quantitative estimate of drug-likeness (QED) is 0.548. The molecule has 10 nitrogen and oxygen atoms in total. The fourth-order valence-electron chi connectivity index (χ4n) is 3.78. The highest BCUT2D eigenvalue weighted by molar-refractivity contribution is 5.82. The Hall–Kier alpha value is -3.40. The minimum absolute atomic E-state index is 0.0865. The molecule has 164 valence electrons. The van der Waals surface area contributed by atoms with E-state index in [0.29, 0.717) is 35.7 Å². The first-order valence-corrected chi connectivity index (χ1v) is 10.1. The lowest BCUT2D eigenvalue weighted by atomic mass is 10.1. The van der Waals surface area contributed by atoms with Gasteiger partial charge in [-0.3, -0.25) is 9.36 Å². The maximum absolute atomic E-state index is 11.4. The van der Waals surface area contributed by atoms with Gasteiger partial charge in [-0.1, -0.05) is 13.0 Å². The van der Waals surface area contributed by atoms with Crippen molar-refractivity contribution in [3.8, 4) is 11.5 Å². The molecule has 10 heteroatoms. The number of carbonyl (C=O) groups is 1. The number of anilines is 1. The van der Waals surface area contributed by atoms with E-state index < -0.39 is 0 Å². The molecule has 1 saturated heterocycles. The Balaban J connectivity index is 1.54. The van der Waals surface area contributed by atoms with Crippen molar-refractivity contribution in [2.75, 3.05) is 12.4 Å². The van der Waals surface area contributed by atoms with E-state index in [9.17, 15) is 9.90 Å². The third-order valence-electron chi connectivity index (χ3n) is 5.27. The van der Waals surface area contributed by atoms with Gasteiger partial charge >= 0.3 is 5.97 Å². The molecule has 1 aliphatic heterocycles. The number of phenols is 1. The molecule has 0 aliphatic carbocycles. The molecule has 0 radical (unpaired) electrons. The number of fused-ring (bicyclic) bond motifs is 1. The molecular formula is C21H25N5O5. The smallest absolute Gasteiger partial charge is 0.302 e. The van der Waals surface area contributed by atoms with E-state index >= 15 is 0 Å². The Labute approximate surface area is 179 Å². The number of phenolic OH excluding ortho intramolecular Hbond substituents is 1. The number of aromatic nitrogens is 4. The van der Waals surface area contributed by atoms with Crippen molar-refractivity contribution in [1.82, 2.24) is 19.5 Å². The monoisotopic (exact) mass is 427 g/mol. The number of ether oxygens (including phenoxy) is 3. The molecular weight excluding hydrogens is 402 g/mol. The molecule has 2 aromatic heterocycles. The van der Waals surface area contributed by atoms with Crippen LogP contribution in [-0.4, -0.2) is 49.9 Å². The third-order valence-corrected chi connectivity index (χ3v) is 5.27. The molecule has 3 heterocycles. The Morgan fingerprint density at radius 3 is 2.94 bits per heavy atom. The summed E-state index contributed by atoms with van der Waals surface area (Å²) in [7, 11) is 1.51. The van der Waals surface area contributed by atoms with Gasteiger partial charge in [-0.25, -0.2) is 15.0 Å². The molecule has 4 rings (SSSR count). The van der Waals surface area contributed by atoms with Crippen molar-refractivity contribution >= 4 is 23.0 Å². The van der Waals surface area contributed by atoms with Crippen molar-refractivity contribution in [2.45, 2.75) is 51.7 Å². The number of hydrogen-bond acceptors (Lipinski definition) is 9. The minimum Gasteiger partial charge on any atom is -0.504 e. The second-order valence-electron chi connectivity index (χ2n) is 7.33. The number of rotatable bonds is 7. The standard InChI is InChI=1S/C21H25N5O5/c1-4-15-17(30-12(2)27)8-18(31-15)26-11-25-19-20(23-10-24-21(19)26)22-9-13-5-6-14(28)16(7-13)29-3/h5-7,10-11,15,17-18,28H,4,8-9H2,1-3H3,(H,22,23,24)/t15-,17-,18-/m1/s1. The molecule has 0 saturated carbocycles. The number of esters is 1. The normalized spacial score (nSPS) is 20.7. The Bertz CT molecular complexity index is 1090. The van der Waals surface area contributed by atoms with Crippen LogP contribution in [0, 0.1) is 0 Å². The molecule has 0 unspecified atom stereocenters. The SMILES string of the molecule is CC[C@H]1O[C@@H](n2cnc3c(NCc4ccc(O)c(OC)c4)ncnc32)C[C@H]1OC(C)=O.